The molecule has 6 heteroatoms. The third-order valence-corrected chi connectivity index (χ3v) is 5.09. The summed E-state index contributed by atoms with van der Waals surface area (Å²) in [4.78, 5) is 4.51. The fraction of sp³-hybridized carbons (Fsp3) is 0.458. The van der Waals surface area contributed by atoms with E-state index in [9.17, 15) is 0 Å². The molecule has 0 aliphatic heterocycles. The quantitative estimate of drug-likeness (QED) is 0.420. The average molecular weight is 412 g/mol. The standard InChI is InChI=1S/C24H37N5O/c1-8-29(9-2)20-15-16-23(24(17-20)30-10-3)28(7)26-19(4)18-27(6)22-14-12-11-13-21(22)25-5/h11-17,25H,8-10,18H2,1-7H3/b26-19+. The summed E-state index contributed by atoms with van der Waals surface area (Å²) >= 11 is 0. The maximum absolute atomic E-state index is 5.94. The van der Waals surface area contributed by atoms with Gasteiger partial charge in [0.25, 0.3) is 0 Å². The molecule has 30 heavy (non-hydrogen) atoms. The maximum atomic E-state index is 5.94. The fourth-order valence-corrected chi connectivity index (χ4v) is 3.61. The number of nitrogens with zero attached hydrogens (tertiary/aromatic N) is 4. The Morgan fingerprint density at radius 1 is 1.00 bits per heavy atom. The molecule has 0 aliphatic carbocycles. The first-order valence-electron chi connectivity index (χ1n) is 10.7. The van der Waals surface area contributed by atoms with Crippen LogP contribution in [0.4, 0.5) is 22.7 Å². The van der Waals surface area contributed by atoms with Crippen molar-refractivity contribution < 1.29 is 4.74 Å². The van der Waals surface area contributed by atoms with Crippen LogP contribution in [0.5, 0.6) is 5.75 Å². The van der Waals surface area contributed by atoms with Gasteiger partial charge in [0.15, 0.2) is 0 Å². The molecule has 0 fully saturated rings. The Bertz CT molecular complexity index is 832. The predicted molar refractivity (Wildman–Crippen MR) is 132 cm³/mol. The first-order chi connectivity index (χ1) is 14.4. The largest absolute Gasteiger partial charge is 0.492 e. The van der Waals surface area contributed by atoms with Gasteiger partial charge in [-0.3, -0.25) is 5.01 Å². The van der Waals surface area contributed by atoms with Gasteiger partial charge in [-0.25, -0.2) is 0 Å². The van der Waals surface area contributed by atoms with E-state index in [1.54, 1.807) is 0 Å². The topological polar surface area (TPSA) is 43.3 Å². The number of ether oxygens (including phenoxy) is 1. The molecular weight excluding hydrogens is 374 g/mol. The lowest BCUT2D eigenvalue weighted by molar-refractivity contribution is 0.341. The lowest BCUT2D eigenvalue weighted by Crippen LogP contribution is -2.26. The van der Waals surface area contributed by atoms with Crippen LogP contribution in [-0.2, 0) is 0 Å². The van der Waals surface area contributed by atoms with Gasteiger partial charge in [0.05, 0.1) is 30.2 Å². The first-order valence-corrected chi connectivity index (χ1v) is 10.7. The van der Waals surface area contributed by atoms with E-state index < -0.39 is 0 Å². The molecule has 0 aromatic heterocycles. The van der Waals surface area contributed by atoms with Crippen molar-refractivity contribution in [3.63, 3.8) is 0 Å². The highest BCUT2D eigenvalue weighted by Gasteiger charge is 2.13. The smallest absolute Gasteiger partial charge is 0.146 e. The Morgan fingerprint density at radius 2 is 1.70 bits per heavy atom. The van der Waals surface area contributed by atoms with Crippen LogP contribution >= 0.6 is 0 Å². The fourth-order valence-electron chi connectivity index (χ4n) is 3.61. The molecule has 1 N–H and O–H groups in total. The number of hydrazone groups is 1. The third kappa shape index (κ3) is 5.81. The number of benzene rings is 2. The van der Waals surface area contributed by atoms with Crippen LogP contribution in [0.3, 0.4) is 0 Å². The molecule has 6 nitrogen and oxygen atoms in total. The van der Waals surface area contributed by atoms with Crippen molar-refractivity contribution in [2.75, 3.05) is 67.5 Å². The van der Waals surface area contributed by atoms with E-state index in [2.05, 4.69) is 79.3 Å². The molecule has 0 unspecified atom stereocenters. The van der Waals surface area contributed by atoms with Gasteiger partial charge in [0.1, 0.15) is 11.4 Å². The SMILES string of the molecule is CCOc1cc(N(CC)CC)ccc1N(C)/N=C(\C)CN(C)c1ccccc1NC. The molecule has 0 saturated carbocycles. The third-order valence-electron chi connectivity index (χ3n) is 5.09. The van der Waals surface area contributed by atoms with Crippen molar-refractivity contribution in [3.05, 3.63) is 42.5 Å². The Labute approximate surface area is 182 Å². The minimum absolute atomic E-state index is 0.620. The summed E-state index contributed by atoms with van der Waals surface area (Å²) in [6.07, 6.45) is 0. The lowest BCUT2D eigenvalue weighted by Gasteiger charge is -2.25. The zero-order valence-electron chi connectivity index (χ0n) is 19.6. The van der Waals surface area contributed by atoms with Gasteiger partial charge in [-0.2, -0.15) is 5.10 Å². The highest BCUT2D eigenvalue weighted by atomic mass is 16.5. The van der Waals surface area contributed by atoms with Crippen LogP contribution in [0.15, 0.2) is 47.6 Å². The Balaban J connectivity index is 2.22. The summed E-state index contributed by atoms with van der Waals surface area (Å²) in [6.45, 7) is 11.7. The molecule has 2 aromatic carbocycles. The number of rotatable bonds is 11. The molecule has 0 spiro atoms. The monoisotopic (exact) mass is 411 g/mol. The van der Waals surface area contributed by atoms with E-state index in [-0.39, 0.29) is 0 Å². The number of anilines is 4. The van der Waals surface area contributed by atoms with Crippen LogP contribution in [-0.4, -0.2) is 53.1 Å². The van der Waals surface area contributed by atoms with E-state index in [0.717, 1.165) is 48.2 Å². The van der Waals surface area contributed by atoms with Crippen LogP contribution in [0.1, 0.15) is 27.7 Å². The molecule has 0 atom stereocenters. The molecule has 2 rings (SSSR count). The second-order valence-electron chi connectivity index (χ2n) is 7.24. The summed E-state index contributed by atoms with van der Waals surface area (Å²) in [5, 5.41) is 9.98. The van der Waals surface area contributed by atoms with Crippen molar-refractivity contribution in [2.45, 2.75) is 27.7 Å². The summed E-state index contributed by atoms with van der Waals surface area (Å²) in [5.74, 6) is 0.856. The zero-order chi connectivity index (χ0) is 22.1. The van der Waals surface area contributed by atoms with Gasteiger partial charge in [0.2, 0.25) is 0 Å². The van der Waals surface area contributed by atoms with E-state index in [4.69, 9.17) is 9.84 Å². The van der Waals surface area contributed by atoms with Gasteiger partial charge in [-0.15, -0.1) is 0 Å². The Hall–Kier alpha value is -2.89. The van der Waals surface area contributed by atoms with Crippen molar-refractivity contribution in [1.29, 1.82) is 0 Å². The van der Waals surface area contributed by atoms with E-state index >= 15 is 0 Å². The minimum atomic E-state index is 0.620. The molecule has 0 saturated heterocycles. The number of para-hydroxylation sites is 2. The van der Waals surface area contributed by atoms with Crippen molar-refractivity contribution in [2.24, 2.45) is 5.10 Å². The first kappa shape index (κ1) is 23.4. The Morgan fingerprint density at radius 3 is 2.33 bits per heavy atom. The number of nitrogens with one attached hydrogen (secondary N) is 1. The van der Waals surface area contributed by atoms with Gasteiger partial charge in [-0.1, -0.05) is 12.1 Å². The van der Waals surface area contributed by atoms with Crippen molar-refractivity contribution >= 4 is 28.5 Å². The normalized spacial score (nSPS) is 11.2. The summed E-state index contributed by atoms with van der Waals surface area (Å²) in [7, 11) is 6.00. The maximum Gasteiger partial charge on any atom is 0.146 e. The molecule has 0 aliphatic rings. The molecule has 0 bridgehead atoms. The van der Waals surface area contributed by atoms with Gasteiger partial charge in [0, 0.05) is 46.0 Å². The highest BCUT2D eigenvalue weighted by molar-refractivity contribution is 5.88. The lowest BCUT2D eigenvalue weighted by atomic mass is 10.2. The molecular formula is C24H37N5O. The highest BCUT2D eigenvalue weighted by Crippen LogP contribution is 2.33. The average Bonchev–Trinajstić information content (AvgIpc) is 2.74. The molecule has 0 radical (unpaired) electrons. The van der Waals surface area contributed by atoms with E-state index in [1.807, 2.05) is 32.1 Å². The number of hydrogen-bond acceptors (Lipinski definition) is 6. The molecule has 2 aromatic rings. The molecule has 0 amide bonds. The van der Waals surface area contributed by atoms with Crippen LogP contribution < -0.4 is 24.9 Å². The van der Waals surface area contributed by atoms with Crippen LogP contribution in [0.25, 0.3) is 0 Å². The second-order valence-corrected chi connectivity index (χ2v) is 7.24. The van der Waals surface area contributed by atoms with Crippen molar-refractivity contribution in [1.82, 2.24) is 0 Å². The second kappa shape index (κ2) is 11.3. The van der Waals surface area contributed by atoms with Gasteiger partial charge < -0.3 is 19.9 Å². The Kier molecular flexibility index (Phi) is 8.84. The van der Waals surface area contributed by atoms with Gasteiger partial charge >= 0.3 is 0 Å². The van der Waals surface area contributed by atoms with E-state index in [0.29, 0.717) is 6.61 Å². The summed E-state index contributed by atoms with van der Waals surface area (Å²) < 4.78 is 5.94. The summed E-state index contributed by atoms with van der Waals surface area (Å²) in [5.41, 5.74) is 5.40. The zero-order valence-corrected chi connectivity index (χ0v) is 19.6. The van der Waals surface area contributed by atoms with Crippen molar-refractivity contribution in [3.8, 4) is 5.75 Å². The van der Waals surface area contributed by atoms with Crippen LogP contribution in [0, 0.1) is 0 Å². The summed E-state index contributed by atoms with van der Waals surface area (Å²) in [6, 6.07) is 14.6. The van der Waals surface area contributed by atoms with Crippen LogP contribution in [0.2, 0.25) is 0 Å². The van der Waals surface area contributed by atoms with Gasteiger partial charge in [-0.05, 0) is 52.0 Å². The number of hydrogen-bond donors (Lipinski definition) is 1. The van der Waals surface area contributed by atoms with E-state index in [1.165, 1.54) is 5.69 Å². The molecule has 0 heterocycles. The minimum Gasteiger partial charge on any atom is -0.492 e. The molecule has 164 valence electrons. The predicted octanol–water partition coefficient (Wildman–Crippen LogP) is 4.92.